The van der Waals surface area contributed by atoms with Crippen LogP contribution in [0.2, 0.25) is 0 Å². The van der Waals surface area contributed by atoms with Gasteiger partial charge in [-0.15, -0.1) is 6.42 Å². The second-order valence-electron chi connectivity index (χ2n) is 5.26. The van der Waals surface area contributed by atoms with E-state index in [9.17, 15) is 4.79 Å². The number of para-hydroxylation sites is 2. The van der Waals surface area contributed by atoms with E-state index >= 15 is 0 Å². The monoisotopic (exact) mass is 319 g/mol. The summed E-state index contributed by atoms with van der Waals surface area (Å²) in [6.45, 7) is 0.445. The molecule has 3 rings (SSSR count). The molecular weight excluding hydrogens is 302 g/mol. The fourth-order valence-corrected chi connectivity index (χ4v) is 2.32. The Labute approximate surface area is 140 Å². The van der Waals surface area contributed by atoms with Gasteiger partial charge in [-0.05, 0) is 30.3 Å². The van der Waals surface area contributed by atoms with E-state index in [0.29, 0.717) is 18.7 Å². The number of nitrogens with one attached hydrogen (secondary N) is 2. The Morgan fingerprint density at radius 1 is 1.25 bits per heavy atom. The van der Waals surface area contributed by atoms with Crippen molar-refractivity contribution in [2.75, 3.05) is 13.2 Å². The molecule has 0 spiro atoms. The molecule has 0 saturated carbocycles. The van der Waals surface area contributed by atoms with Gasteiger partial charge in [0.15, 0.2) is 6.61 Å². The van der Waals surface area contributed by atoms with Gasteiger partial charge in [-0.1, -0.05) is 24.1 Å². The molecule has 0 radical (unpaired) electrons. The number of imidazole rings is 1. The highest BCUT2D eigenvalue weighted by molar-refractivity contribution is 5.77. The van der Waals surface area contributed by atoms with Crippen LogP contribution in [0.5, 0.6) is 5.75 Å². The number of ether oxygens (including phenoxy) is 1. The number of hydrogen-bond donors (Lipinski definition) is 2. The molecule has 0 bridgehead atoms. The van der Waals surface area contributed by atoms with Crippen LogP contribution in [-0.4, -0.2) is 29.0 Å². The van der Waals surface area contributed by atoms with Crippen LogP contribution in [0, 0.1) is 12.3 Å². The molecule has 1 heterocycles. The quantitative estimate of drug-likeness (QED) is 0.685. The Bertz CT molecular complexity index is 860. The second-order valence-corrected chi connectivity index (χ2v) is 5.26. The number of nitrogens with zero attached hydrogens (tertiary/aromatic N) is 1. The SMILES string of the molecule is C#Cc1cccc(OCC(=O)NCCc2nc3ccccc3[nH]2)c1. The van der Waals surface area contributed by atoms with Crippen LogP contribution in [0.15, 0.2) is 48.5 Å². The normalized spacial score (nSPS) is 10.3. The standard InChI is InChI=1S/C19H17N3O2/c1-2-14-6-5-7-15(12-14)24-13-19(23)20-11-10-18-21-16-8-3-4-9-17(16)22-18/h1,3-9,12H,10-11,13H2,(H,20,23)(H,21,22). The lowest BCUT2D eigenvalue weighted by molar-refractivity contribution is -0.123. The fourth-order valence-electron chi connectivity index (χ4n) is 2.32. The number of rotatable bonds is 6. The largest absolute Gasteiger partial charge is 0.484 e. The van der Waals surface area contributed by atoms with E-state index in [0.717, 1.165) is 22.4 Å². The number of carbonyl (C=O) groups excluding carboxylic acids is 1. The summed E-state index contributed by atoms with van der Waals surface area (Å²) in [6, 6.07) is 14.9. The molecule has 5 heteroatoms. The highest BCUT2D eigenvalue weighted by Gasteiger charge is 2.05. The molecule has 3 aromatic rings. The van der Waals surface area contributed by atoms with Crippen molar-refractivity contribution in [2.24, 2.45) is 0 Å². The van der Waals surface area contributed by atoms with Gasteiger partial charge in [-0.25, -0.2) is 4.98 Å². The van der Waals surface area contributed by atoms with E-state index in [1.165, 1.54) is 0 Å². The molecule has 2 aromatic carbocycles. The Morgan fingerprint density at radius 2 is 2.12 bits per heavy atom. The lowest BCUT2D eigenvalue weighted by atomic mass is 10.2. The van der Waals surface area contributed by atoms with Crippen LogP contribution in [0.4, 0.5) is 0 Å². The number of benzene rings is 2. The summed E-state index contributed by atoms with van der Waals surface area (Å²) in [5, 5.41) is 2.81. The minimum Gasteiger partial charge on any atom is -0.484 e. The van der Waals surface area contributed by atoms with Crippen LogP contribution >= 0.6 is 0 Å². The molecule has 0 unspecified atom stereocenters. The average Bonchev–Trinajstić information content (AvgIpc) is 3.03. The zero-order valence-electron chi connectivity index (χ0n) is 13.1. The third kappa shape index (κ3) is 3.93. The maximum absolute atomic E-state index is 11.8. The molecule has 0 aliphatic heterocycles. The molecule has 0 atom stereocenters. The van der Waals surface area contributed by atoms with Gasteiger partial charge in [0.1, 0.15) is 11.6 Å². The van der Waals surface area contributed by atoms with Crippen LogP contribution in [0.3, 0.4) is 0 Å². The lowest BCUT2D eigenvalue weighted by Crippen LogP contribution is -2.30. The van der Waals surface area contributed by atoms with Gasteiger partial charge in [0.05, 0.1) is 11.0 Å². The molecule has 5 nitrogen and oxygen atoms in total. The number of carbonyl (C=O) groups is 1. The van der Waals surface area contributed by atoms with E-state index < -0.39 is 0 Å². The molecule has 24 heavy (non-hydrogen) atoms. The Hall–Kier alpha value is -3.26. The lowest BCUT2D eigenvalue weighted by Gasteiger charge is -2.07. The van der Waals surface area contributed by atoms with E-state index in [-0.39, 0.29) is 12.5 Å². The number of aromatic amines is 1. The first kappa shape index (κ1) is 15.6. The van der Waals surface area contributed by atoms with E-state index in [4.69, 9.17) is 11.2 Å². The van der Waals surface area contributed by atoms with Crippen LogP contribution in [-0.2, 0) is 11.2 Å². The second kappa shape index (κ2) is 7.34. The number of amides is 1. The van der Waals surface area contributed by atoms with E-state index in [1.54, 1.807) is 24.3 Å². The van der Waals surface area contributed by atoms with Gasteiger partial charge in [0.25, 0.3) is 5.91 Å². The summed E-state index contributed by atoms with van der Waals surface area (Å²) in [5.74, 6) is 3.77. The average molecular weight is 319 g/mol. The summed E-state index contributed by atoms with van der Waals surface area (Å²) in [7, 11) is 0. The predicted molar refractivity (Wildman–Crippen MR) is 92.7 cm³/mol. The Morgan fingerprint density at radius 3 is 2.96 bits per heavy atom. The number of fused-ring (bicyclic) bond motifs is 1. The van der Waals surface area contributed by atoms with Gasteiger partial charge in [-0.3, -0.25) is 4.79 Å². The third-order valence-electron chi connectivity index (χ3n) is 3.49. The topological polar surface area (TPSA) is 67.0 Å². The van der Waals surface area contributed by atoms with Crippen molar-refractivity contribution in [3.63, 3.8) is 0 Å². The zero-order chi connectivity index (χ0) is 16.8. The van der Waals surface area contributed by atoms with Crippen molar-refractivity contribution >= 4 is 16.9 Å². The molecule has 1 aromatic heterocycles. The van der Waals surface area contributed by atoms with Gasteiger partial charge >= 0.3 is 0 Å². The molecule has 0 aliphatic carbocycles. The smallest absolute Gasteiger partial charge is 0.257 e. The first-order chi connectivity index (χ1) is 11.7. The third-order valence-corrected chi connectivity index (χ3v) is 3.49. The molecule has 1 amide bonds. The van der Waals surface area contributed by atoms with Crippen LogP contribution in [0.1, 0.15) is 11.4 Å². The number of H-pyrrole nitrogens is 1. The zero-order valence-corrected chi connectivity index (χ0v) is 13.1. The van der Waals surface area contributed by atoms with Crippen molar-refractivity contribution in [3.8, 4) is 18.1 Å². The number of aromatic nitrogens is 2. The fraction of sp³-hybridized carbons (Fsp3) is 0.158. The van der Waals surface area contributed by atoms with Gasteiger partial charge in [0.2, 0.25) is 0 Å². The summed E-state index contributed by atoms with van der Waals surface area (Å²) >= 11 is 0. The molecule has 0 saturated heterocycles. The summed E-state index contributed by atoms with van der Waals surface area (Å²) < 4.78 is 5.43. The maximum Gasteiger partial charge on any atom is 0.257 e. The highest BCUT2D eigenvalue weighted by Crippen LogP contribution is 2.12. The summed E-state index contributed by atoms with van der Waals surface area (Å²) in [6.07, 6.45) is 5.96. The number of terminal acetylenes is 1. The van der Waals surface area contributed by atoms with Crippen molar-refractivity contribution in [2.45, 2.75) is 6.42 Å². The Kier molecular flexibility index (Phi) is 4.78. The van der Waals surface area contributed by atoms with E-state index in [2.05, 4.69) is 21.2 Å². The Balaban J connectivity index is 1.44. The first-order valence-electron chi connectivity index (χ1n) is 7.64. The molecule has 2 N–H and O–H groups in total. The van der Waals surface area contributed by atoms with Crippen molar-refractivity contribution in [3.05, 3.63) is 59.9 Å². The molecule has 0 fully saturated rings. The van der Waals surface area contributed by atoms with Crippen LogP contribution < -0.4 is 10.1 Å². The van der Waals surface area contributed by atoms with Crippen molar-refractivity contribution in [1.82, 2.24) is 15.3 Å². The van der Waals surface area contributed by atoms with Crippen LogP contribution in [0.25, 0.3) is 11.0 Å². The molecule has 0 aliphatic rings. The predicted octanol–water partition coefficient (Wildman–Crippen LogP) is 2.28. The van der Waals surface area contributed by atoms with Gasteiger partial charge in [-0.2, -0.15) is 0 Å². The van der Waals surface area contributed by atoms with Gasteiger partial charge < -0.3 is 15.0 Å². The maximum atomic E-state index is 11.8. The minimum absolute atomic E-state index is 0.0475. The molecule has 120 valence electrons. The summed E-state index contributed by atoms with van der Waals surface area (Å²) in [5.41, 5.74) is 2.64. The minimum atomic E-state index is -0.183. The highest BCUT2D eigenvalue weighted by atomic mass is 16.5. The molecular formula is C19H17N3O2. The van der Waals surface area contributed by atoms with Crippen molar-refractivity contribution < 1.29 is 9.53 Å². The number of hydrogen-bond acceptors (Lipinski definition) is 3. The van der Waals surface area contributed by atoms with Crippen molar-refractivity contribution in [1.29, 1.82) is 0 Å². The van der Waals surface area contributed by atoms with Gasteiger partial charge in [0, 0.05) is 18.5 Å². The van der Waals surface area contributed by atoms with E-state index in [1.807, 2.05) is 24.3 Å². The first-order valence-corrected chi connectivity index (χ1v) is 7.64. The summed E-state index contributed by atoms with van der Waals surface area (Å²) in [4.78, 5) is 19.5.